The molecule has 1 N–H and O–H groups in total. The smallest absolute Gasteiger partial charge is 0.244 e. The van der Waals surface area contributed by atoms with Gasteiger partial charge < -0.3 is 5.32 Å². The summed E-state index contributed by atoms with van der Waals surface area (Å²) in [6.07, 6.45) is 2.15. The highest BCUT2D eigenvalue weighted by atomic mass is 32.2. The topological polar surface area (TPSA) is 62.3 Å². The number of sulfonamides is 1. The molecule has 1 rings (SSSR count). The summed E-state index contributed by atoms with van der Waals surface area (Å²) in [5.41, 5.74) is 0. The van der Waals surface area contributed by atoms with E-state index in [0.29, 0.717) is 5.82 Å². The molecule has 1 unspecified atom stereocenters. The fourth-order valence-electron chi connectivity index (χ4n) is 1.34. The molecule has 0 bridgehead atoms. The zero-order valence-electron chi connectivity index (χ0n) is 10.6. The molecule has 0 amide bonds. The molecular formula is C11H19N3O2S. The molecule has 17 heavy (non-hydrogen) atoms. The Morgan fingerprint density at radius 1 is 1.47 bits per heavy atom. The molecule has 1 aromatic rings. The molecule has 1 atom stereocenters. The molecule has 0 saturated heterocycles. The van der Waals surface area contributed by atoms with E-state index in [9.17, 15) is 8.42 Å². The van der Waals surface area contributed by atoms with Crippen LogP contribution in [0.25, 0.3) is 0 Å². The predicted molar refractivity (Wildman–Crippen MR) is 68.5 cm³/mol. The highest BCUT2D eigenvalue weighted by molar-refractivity contribution is 7.89. The average Bonchev–Trinajstić information content (AvgIpc) is 2.36. The van der Waals surface area contributed by atoms with Gasteiger partial charge in [-0.25, -0.2) is 13.4 Å². The second-order valence-electron chi connectivity index (χ2n) is 3.91. The molecule has 0 fully saturated rings. The minimum atomic E-state index is -3.43. The fraction of sp³-hybridized carbons (Fsp3) is 0.545. The highest BCUT2D eigenvalue weighted by Crippen LogP contribution is 2.17. The van der Waals surface area contributed by atoms with E-state index in [-0.39, 0.29) is 10.9 Å². The van der Waals surface area contributed by atoms with E-state index >= 15 is 0 Å². The molecule has 0 saturated carbocycles. The van der Waals surface area contributed by atoms with Crippen LogP contribution in [0.1, 0.15) is 20.3 Å². The molecule has 6 heteroatoms. The maximum atomic E-state index is 12.2. The summed E-state index contributed by atoms with van der Waals surface area (Å²) in [6.45, 7) is 3.84. The van der Waals surface area contributed by atoms with Gasteiger partial charge in [0, 0.05) is 26.3 Å². The largest absolute Gasteiger partial charge is 0.373 e. The Morgan fingerprint density at radius 2 is 2.12 bits per heavy atom. The van der Waals surface area contributed by atoms with Crippen LogP contribution in [0.4, 0.5) is 5.82 Å². The van der Waals surface area contributed by atoms with Crippen molar-refractivity contribution in [2.75, 3.05) is 19.4 Å². The van der Waals surface area contributed by atoms with Gasteiger partial charge in [-0.05, 0) is 25.5 Å². The van der Waals surface area contributed by atoms with Crippen LogP contribution < -0.4 is 5.32 Å². The zero-order valence-corrected chi connectivity index (χ0v) is 11.5. The van der Waals surface area contributed by atoms with Crippen LogP contribution in [0.5, 0.6) is 0 Å². The van der Waals surface area contributed by atoms with Gasteiger partial charge in [-0.3, -0.25) is 0 Å². The second kappa shape index (κ2) is 5.46. The van der Waals surface area contributed by atoms with Crippen LogP contribution in [0.3, 0.4) is 0 Å². The molecule has 0 radical (unpaired) electrons. The summed E-state index contributed by atoms with van der Waals surface area (Å²) in [7, 11) is -0.102. The number of aromatic nitrogens is 1. The van der Waals surface area contributed by atoms with E-state index in [1.165, 1.54) is 10.5 Å². The first-order chi connectivity index (χ1) is 7.93. The zero-order chi connectivity index (χ0) is 13.1. The Labute approximate surface area is 103 Å². The van der Waals surface area contributed by atoms with Crippen LogP contribution in [0, 0.1) is 0 Å². The van der Waals surface area contributed by atoms with Crippen molar-refractivity contribution < 1.29 is 8.42 Å². The van der Waals surface area contributed by atoms with E-state index in [4.69, 9.17) is 0 Å². The lowest BCUT2D eigenvalue weighted by atomic mass is 10.3. The van der Waals surface area contributed by atoms with Gasteiger partial charge >= 0.3 is 0 Å². The summed E-state index contributed by atoms with van der Waals surface area (Å²) < 4.78 is 25.8. The summed E-state index contributed by atoms with van der Waals surface area (Å²) in [5, 5.41) is 2.85. The lowest BCUT2D eigenvalue weighted by Gasteiger charge is -2.22. The monoisotopic (exact) mass is 257 g/mol. The Morgan fingerprint density at radius 3 is 2.53 bits per heavy atom. The van der Waals surface area contributed by atoms with E-state index in [1.807, 2.05) is 13.8 Å². The van der Waals surface area contributed by atoms with Crippen molar-refractivity contribution in [1.82, 2.24) is 9.29 Å². The van der Waals surface area contributed by atoms with Gasteiger partial charge in [-0.2, -0.15) is 4.31 Å². The number of hydrogen-bond donors (Lipinski definition) is 1. The third kappa shape index (κ3) is 2.95. The van der Waals surface area contributed by atoms with Gasteiger partial charge in [0.2, 0.25) is 10.0 Å². The second-order valence-corrected chi connectivity index (χ2v) is 5.91. The van der Waals surface area contributed by atoms with Crippen LogP contribution >= 0.6 is 0 Å². The normalized spacial score (nSPS) is 13.7. The third-order valence-electron chi connectivity index (χ3n) is 2.88. The van der Waals surface area contributed by atoms with Crippen molar-refractivity contribution in [1.29, 1.82) is 0 Å². The van der Waals surface area contributed by atoms with Gasteiger partial charge in [0.15, 0.2) is 0 Å². The van der Waals surface area contributed by atoms with Crippen molar-refractivity contribution in [3.05, 3.63) is 18.3 Å². The highest BCUT2D eigenvalue weighted by Gasteiger charge is 2.24. The number of anilines is 1. The maximum Gasteiger partial charge on any atom is 0.244 e. The van der Waals surface area contributed by atoms with Crippen LogP contribution in [0.15, 0.2) is 23.2 Å². The summed E-state index contributed by atoms with van der Waals surface area (Å²) in [5.74, 6) is 0.648. The predicted octanol–water partition coefficient (Wildman–Crippen LogP) is 1.54. The van der Waals surface area contributed by atoms with Crippen LogP contribution in [-0.2, 0) is 10.0 Å². The standard InChI is InChI=1S/C11H19N3O2S/c1-5-9(2)14(4)17(15,16)10-6-7-11(12-3)13-8-10/h6-9H,5H2,1-4H3,(H,12,13). The van der Waals surface area contributed by atoms with Crippen molar-refractivity contribution >= 4 is 15.8 Å². The van der Waals surface area contributed by atoms with Gasteiger partial charge in [0.1, 0.15) is 10.7 Å². The molecule has 1 heterocycles. The minimum Gasteiger partial charge on any atom is -0.373 e. The third-order valence-corrected chi connectivity index (χ3v) is 4.84. The number of rotatable bonds is 5. The molecule has 0 aliphatic carbocycles. The quantitative estimate of drug-likeness (QED) is 0.869. The SMILES string of the molecule is CCC(C)N(C)S(=O)(=O)c1ccc(NC)nc1. The molecule has 1 aromatic heterocycles. The van der Waals surface area contributed by atoms with Crippen molar-refractivity contribution in [3.63, 3.8) is 0 Å². The first-order valence-electron chi connectivity index (χ1n) is 5.55. The molecule has 0 aliphatic rings. The molecule has 0 spiro atoms. The molecular weight excluding hydrogens is 238 g/mol. The van der Waals surface area contributed by atoms with Gasteiger partial charge in [0.05, 0.1) is 0 Å². The molecule has 96 valence electrons. The Hall–Kier alpha value is -1.14. The molecule has 0 aromatic carbocycles. The van der Waals surface area contributed by atoms with Gasteiger partial charge in [-0.15, -0.1) is 0 Å². The van der Waals surface area contributed by atoms with Crippen LogP contribution in [0.2, 0.25) is 0 Å². The lowest BCUT2D eigenvalue weighted by Crippen LogP contribution is -2.34. The maximum absolute atomic E-state index is 12.2. The molecule has 0 aliphatic heterocycles. The Kier molecular flexibility index (Phi) is 4.47. The number of hydrogen-bond acceptors (Lipinski definition) is 4. The van der Waals surface area contributed by atoms with Gasteiger partial charge in [-0.1, -0.05) is 6.92 Å². The van der Waals surface area contributed by atoms with E-state index in [2.05, 4.69) is 10.3 Å². The summed E-state index contributed by atoms with van der Waals surface area (Å²) >= 11 is 0. The van der Waals surface area contributed by atoms with E-state index in [1.54, 1.807) is 26.2 Å². The van der Waals surface area contributed by atoms with Crippen molar-refractivity contribution in [3.8, 4) is 0 Å². The minimum absolute atomic E-state index is 0.0241. The molecule has 5 nitrogen and oxygen atoms in total. The fourth-order valence-corrected chi connectivity index (χ4v) is 2.72. The lowest BCUT2D eigenvalue weighted by molar-refractivity contribution is 0.380. The van der Waals surface area contributed by atoms with Crippen LogP contribution in [-0.4, -0.2) is 37.8 Å². The number of pyridine rings is 1. The Balaban J connectivity index is 3.04. The first kappa shape index (κ1) is 13.9. The van der Waals surface area contributed by atoms with E-state index < -0.39 is 10.0 Å². The van der Waals surface area contributed by atoms with Crippen molar-refractivity contribution in [2.45, 2.75) is 31.2 Å². The Bertz CT molecular complexity index is 456. The van der Waals surface area contributed by atoms with E-state index in [0.717, 1.165) is 6.42 Å². The first-order valence-corrected chi connectivity index (χ1v) is 6.99. The summed E-state index contributed by atoms with van der Waals surface area (Å²) in [4.78, 5) is 4.24. The van der Waals surface area contributed by atoms with Crippen molar-refractivity contribution in [2.24, 2.45) is 0 Å². The average molecular weight is 257 g/mol. The number of nitrogens with one attached hydrogen (secondary N) is 1. The number of nitrogens with zero attached hydrogens (tertiary/aromatic N) is 2. The van der Waals surface area contributed by atoms with Gasteiger partial charge in [0.25, 0.3) is 0 Å². The summed E-state index contributed by atoms with van der Waals surface area (Å²) in [6, 6.07) is 3.19.